The maximum Gasteiger partial charge on any atom is 0.364 e. The van der Waals surface area contributed by atoms with Gasteiger partial charge in [0.1, 0.15) is 0 Å². The van der Waals surface area contributed by atoms with Crippen molar-refractivity contribution < 1.29 is 24.4 Å². The summed E-state index contributed by atoms with van der Waals surface area (Å²) in [4.78, 5) is 0. The zero-order valence-corrected chi connectivity index (χ0v) is 9.96. The molecule has 0 bridgehead atoms. The van der Waals surface area contributed by atoms with E-state index in [-0.39, 0.29) is 5.48 Å². The first-order valence-electron chi connectivity index (χ1n) is 5.05. The summed E-state index contributed by atoms with van der Waals surface area (Å²) in [5, 5.41) is 0. The minimum Gasteiger partial charge on any atom is -0.461 e. The third kappa shape index (κ3) is 6.90. The second kappa shape index (κ2) is 11.0. The lowest BCUT2D eigenvalue weighted by Crippen LogP contribution is -2.08. The van der Waals surface area contributed by atoms with Gasteiger partial charge in [-0.3, -0.25) is 0 Å². The van der Waals surface area contributed by atoms with Gasteiger partial charge in [-0.05, 0) is 27.7 Å². The van der Waals surface area contributed by atoms with Gasteiger partial charge in [0, 0.05) is 0 Å². The Hall–Kier alpha value is -1.10. The topological polar surface area (TPSA) is 68.4 Å². The predicted molar refractivity (Wildman–Crippen MR) is 57.1 cm³/mol. The SMILES string of the molecule is CCOC(OCC)=C(OCC)OCC.O. The van der Waals surface area contributed by atoms with Crippen LogP contribution in [-0.4, -0.2) is 31.9 Å². The summed E-state index contributed by atoms with van der Waals surface area (Å²) < 4.78 is 21.0. The Morgan fingerprint density at radius 3 is 0.933 bits per heavy atom. The average Bonchev–Trinajstić information content (AvgIpc) is 2.17. The van der Waals surface area contributed by atoms with E-state index in [1.54, 1.807) is 0 Å². The zero-order valence-electron chi connectivity index (χ0n) is 9.96. The van der Waals surface area contributed by atoms with E-state index in [2.05, 4.69) is 0 Å². The molecule has 0 radical (unpaired) electrons. The quantitative estimate of drug-likeness (QED) is 0.583. The van der Waals surface area contributed by atoms with Crippen LogP contribution in [0, 0.1) is 0 Å². The van der Waals surface area contributed by atoms with Gasteiger partial charge in [0.05, 0.1) is 26.4 Å². The lowest BCUT2D eigenvalue weighted by Gasteiger charge is -2.14. The predicted octanol–water partition coefficient (Wildman–Crippen LogP) is 1.43. The van der Waals surface area contributed by atoms with Crippen LogP contribution in [0.5, 0.6) is 0 Å². The van der Waals surface area contributed by atoms with Crippen molar-refractivity contribution in [2.24, 2.45) is 0 Å². The van der Waals surface area contributed by atoms with Gasteiger partial charge in [-0.2, -0.15) is 0 Å². The molecule has 92 valence electrons. The monoisotopic (exact) mass is 222 g/mol. The van der Waals surface area contributed by atoms with Crippen LogP contribution in [0.3, 0.4) is 0 Å². The van der Waals surface area contributed by atoms with Gasteiger partial charge in [-0.25, -0.2) is 0 Å². The molecule has 0 aliphatic rings. The molecular formula is C10H22O5. The largest absolute Gasteiger partial charge is 0.461 e. The molecule has 0 heterocycles. The fraction of sp³-hybridized carbons (Fsp3) is 0.800. The minimum absolute atomic E-state index is 0. The van der Waals surface area contributed by atoms with Crippen molar-refractivity contribution in [3.05, 3.63) is 11.9 Å². The molecule has 0 atom stereocenters. The Labute approximate surface area is 91.3 Å². The minimum atomic E-state index is 0. The summed E-state index contributed by atoms with van der Waals surface area (Å²) >= 11 is 0. The van der Waals surface area contributed by atoms with Crippen molar-refractivity contribution in [1.29, 1.82) is 0 Å². The molecule has 0 unspecified atom stereocenters. The van der Waals surface area contributed by atoms with Crippen molar-refractivity contribution in [1.82, 2.24) is 0 Å². The molecule has 0 aliphatic heterocycles. The van der Waals surface area contributed by atoms with E-state index in [0.717, 1.165) is 0 Å². The fourth-order valence-corrected chi connectivity index (χ4v) is 0.843. The first kappa shape index (κ1) is 16.3. The van der Waals surface area contributed by atoms with Gasteiger partial charge >= 0.3 is 11.9 Å². The van der Waals surface area contributed by atoms with E-state index < -0.39 is 0 Å². The Balaban J connectivity index is 0. The molecule has 5 heteroatoms. The Bertz CT molecular complexity index is 133. The molecule has 0 spiro atoms. The molecule has 0 rings (SSSR count). The van der Waals surface area contributed by atoms with E-state index >= 15 is 0 Å². The molecule has 2 N–H and O–H groups in total. The van der Waals surface area contributed by atoms with Crippen molar-refractivity contribution in [3.63, 3.8) is 0 Å². The molecular weight excluding hydrogens is 200 g/mol. The second-order valence-electron chi connectivity index (χ2n) is 2.31. The van der Waals surface area contributed by atoms with Gasteiger partial charge in [-0.1, -0.05) is 0 Å². The molecule has 5 nitrogen and oxygen atoms in total. The van der Waals surface area contributed by atoms with Crippen LogP contribution >= 0.6 is 0 Å². The maximum absolute atomic E-state index is 5.26. The number of ether oxygens (including phenoxy) is 4. The molecule has 0 saturated heterocycles. The summed E-state index contributed by atoms with van der Waals surface area (Å²) in [7, 11) is 0. The van der Waals surface area contributed by atoms with Crippen LogP contribution in [0.4, 0.5) is 0 Å². The van der Waals surface area contributed by atoms with Crippen LogP contribution in [0.25, 0.3) is 0 Å². The standard InChI is InChI=1S/C10H20O4.H2O/c1-5-11-9(12-6-2)10(13-7-3)14-8-4;/h5-8H2,1-4H3;1H2. The number of rotatable bonds is 8. The van der Waals surface area contributed by atoms with Gasteiger partial charge < -0.3 is 24.4 Å². The van der Waals surface area contributed by atoms with Crippen LogP contribution in [0.2, 0.25) is 0 Å². The van der Waals surface area contributed by atoms with E-state index in [4.69, 9.17) is 18.9 Å². The number of hydrogen-bond acceptors (Lipinski definition) is 4. The van der Waals surface area contributed by atoms with Crippen LogP contribution in [0.15, 0.2) is 11.9 Å². The van der Waals surface area contributed by atoms with Crippen LogP contribution in [0.1, 0.15) is 27.7 Å². The highest BCUT2D eigenvalue weighted by molar-refractivity contribution is 4.86. The average molecular weight is 222 g/mol. The Kier molecular flexibility index (Phi) is 12.0. The highest BCUT2D eigenvalue weighted by Gasteiger charge is 2.12. The third-order valence-electron chi connectivity index (χ3n) is 1.27. The lowest BCUT2D eigenvalue weighted by molar-refractivity contribution is -0.0354. The molecule has 15 heavy (non-hydrogen) atoms. The Morgan fingerprint density at radius 2 is 0.800 bits per heavy atom. The van der Waals surface area contributed by atoms with E-state index in [1.165, 1.54) is 0 Å². The lowest BCUT2D eigenvalue weighted by atomic mass is 10.7. The van der Waals surface area contributed by atoms with Gasteiger partial charge in [0.15, 0.2) is 0 Å². The van der Waals surface area contributed by atoms with Gasteiger partial charge in [0.25, 0.3) is 0 Å². The van der Waals surface area contributed by atoms with Crippen molar-refractivity contribution >= 4 is 0 Å². The molecule has 0 aromatic rings. The summed E-state index contributed by atoms with van der Waals surface area (Å²) in [5.41, 5.74) is 0. The first-order valence-corrected chi connectivity index (χ1v) is 5.05. The summed E-state index contributed by atoms with van der Waals surface area (Å²) in [6, 6.07) is 0. The number of hydrogen-bond donors (Lipinski definition) is 0. The third-order valence-corrected chi connectivity index (χ3v) is 1.27. The van der Waals surface area contributed by atoms with Crippen LogP contribution in [-0.2, 0) is 18.9 Å². The summed E-state index contributed by atoms with van der Waals surface area (Å²) in [6.07, 6.45) is 0. The highest BCUT2D eigenvalue weighted by Crippen LogP contribution is 2.11. The maximum atomic E-state index is 5.26. The van der Waals surface area contributed by atoms with E-state index in [0.29, 0.717) is 38.3 Å². The van der Waals surface area contributed by atoms with Crippen molar-refractivity contribution in [2.75, 3.05) is 26.4 Å². The van der Waals surface area contributed by atoms with Crippen LogP contribution < -0.4 is 0 Å². The fourth-order valence-electron chi connectivity index (χ4n) is 0.843. The molecule has 0 saturated carbocycles. The van der Waals surface area contributed by atoms with E-state index in [9.17, 15) is 0 Å². The summed E-state index contributed by atoms with van der Waals surface area (Å²) in [5.74, 6) is 0.664. The zero-order chi connectivity index (χ0) is 10.8. The smallest absolute Gasteiger partial charge is 0.364 e. The van der Waals surface area contributed by atoms with E-state index in [1.807, 2.05) is 27.7 Å². The molecule has 0 aliphatic carbocycles. The molecule has 0 fully saturated rings. The van der Waals surface area contributed by atoms with Gasteiger partial charge in [-0.15, -0.1) is 0 Å². The normalized spacial score (nSPS) is 8.53. The molecule has 0 amide bonds. The van der Waals surface area contributed by atoms with Gasteiger partial charge in [0.2, 0.25) is 0 Å². The molecule has 0 aromatic heterocycles. The molecule has 0 aromatic carbocycles. The first-order chi connectivity index (χ1) is 6.79. The van der Waals surface area contributed by atoms with Crippen molar-refractivity contribution in [2.45, 2.75) is 27.7 Å². The summed E-state index contributed by atoms with van der Waals surface area (Å²) in [6.45, 7) is 9.64. The second-order valence-corrected chi connectivity index (χ2v) is 2.31. The van der Waals surface area contributed by atoms with Crippen molar-refractivity contribution in [3.8, 4) is 0 Å². The Morgan fingerprint density at radius 1 is 0.600 bits per heavy atom. The highest BCUT2D eigenvalue weighted by atomic mass is 16.7.